The van der Waals surface area contributed by atoms with E-state index >= 15 is 0 Å². The fourth-order valence-corrected chi connectivity index (χ4v) is 4.31. The van der Waals surface area contributed by atoms with Gasteiger partial charge in [-0.2, -0.15) is 0 Å². The number of hydrogen-bond acceptors (Lipinski definition) is 4. The first-order valence-electron chi connectivity index (χ1n) is 12.7. The first kappa shape index (κ1) is 25.3. The molecule has 2 unspecified atom stereocenters. The average molecular weight is 499 g/mol. The molecule has 2 heterocycles. The van der Waals surface area contributed by atoms with Crippen molar-refractivity contribution in [1.29, 1.82) is 0 Å². The summed E-state index contributed by atoms with van der Waals surface area (Å²) in [6.45, 7) is 0.688. The number of rotatable bonds is 10. The Labute approximate surface area is 224 Å². The second-order valence-electron chi connectivity index (χ2n) is 8.99. The number of nitrogens with zero attached hydrogens (tertiary/aromatic N) is 2. The van der Waals surface area contributed by atoms with Crippen LogP contribution >= 0.6 is 0 Å². The van der Waals surface area contributed by atoms with E-state index in [0.717, 1.165) is 28.1 Å². The summed E-state index contributed by atoms with van der Waals surface area (Å²) in [5.74, 6) is 0. The monoisotopic (exact) mass is 498 g/mol. The van der Waals surface area contributed by atoms with Crippen LogP contribution in [0.2, 0.25) is 0 Å². The van der Waals surface area contributed by atoms with E-state index in [1.165, 1.54) is 0 Å². The fraction of sp³-hybridized carbons (Fsp3) is 0.118. The summed E-state index contributed by atoms with van der Waals surface area (Å²) in [5, 5.41) is 0. The van der Waals surface area contributed by atoms with Gasteiger partial charge in [0.15, 0.2) is 0 Å². The molecule has 5 rings (SSSR count). The number of ether oxygens (including phenoxy) is 2. The molecule has 0 spiro atoms. The number of pyridine rings is 2. The van der Waals surface area contributed by atoms with Crippen molar-refractivity contribution in [2.45, 2.75) is 24.9 Å². The highest BCUT2D eigenvalue weighted by atomic mass is 16.5. The average Bonchev–Trinajstić information content (AvgIpc) is 2.99. The van der Waals surface area contributed by atoms with E-state index in [1.807, 2.05) is 78.9 Å². The first-order valence-corrected chi connectivity index (χ1v) is 12.7. The molecule has 4 nitrogen and oxygen atoms in total. The van der Waals surface area contributed by atoms with Crippen LogP contribution in [-0.4, -0.2) is 21.7 Å². The molecule has 0 bridgehead atoms. The van der Waals surface area contributed by atoms with E-state index in [1.54, 1.807) is 12.4 Å². The standard InChI is InChI=1S/C34H30N2O2/c1-3-12-28(13-4-1)19-20-30-16-11-22-34(23-21-29-14-5-2-6-15-29,38-27-32-18-8-10-25-36-32)33(30)37-26-31-17-7-9-24-35-31/h1-25,33H,26-27H2. The maximum atomic E-state index is 6.71. The Morgan fingerprint density at radius 2 is 1.26 bits per heavy atom. The highest BCUT2D eigenvalue weighted by Crippen LogP contribution is 2.35. The molecule has 1 aliphatic rings. The smallest absolute Gasteiger partial charge is 0.136 e. The van der Waals surface area contributed by atoms with E-state index in [2.05, 4.69) is 70.7 Å². The van der Waals surface area contributed by atoms with Crippen LogP contribution in [0.5, 0.6) is 0 Å². The Balaban J connectivity index is 1.51. The van der Waals surface area contributed by atoms with Crippen LogP contribution in [0.1, 0.15) is 22.5 Å². The minimum atomic E-state index is -0.868. The molecule has 0 saturated carbocycles. The molecule has 4 heteroatoms. The highest BCUT2D eigenvalue weighted by Gasteiger charge is 2.40. The molecule has 4 aromatic rings. The quantitative estimate of drug-likeness (QED) is 0.231. The van der Waals surface area contributed by atoms with Crippen molar-refractivity contribution in [3.8, 4) is 0 Å². The van der Waals surface area contributed by atoms with Crippen molar-refractivity contribution in [1.82, 2.24) is 9.97 Å². The molecule has 38 heavy (non-hydrogen) atoms. The summed E-state index contributed by atoms with van der Waals surface area (Å²) in [4.78, 5) is 8.94. The molecular formula is C34H30N2O2. The Bertz CT molecular complexity index is 1400. The molecule has 1 aliphatic carbocycles. The van der Waals surface area contributed by atoms with Gasteiger partial charge in [-0.3, -0.25) is 9.97 Å². The Hall–Kier alpha value is -4.38. The van der Waals surface area contributed by atoms with Gasteiger partial charge in [0.2, 0.25) is 0 Å². The van der Waals surface area contributed by atoms with Crippen LogP contribution < -0.4 is 0 Å². The molecule has 188 valence electrons. The number of benzene rings is 2. The first-order chi connectivity index (χ1) is 18.8. The lowest BCUT2D eigenvalue weighted by molar-refractivity contribution is -0.0907. The largest absolute Gasteiger partial charge is 0.364 e. The number of hydrogen-bond donors (Lipinski definition) is 0. The Kier molecular flexibility index (Phi) is 8.47. The van der Waals surface area contributed by atoms with Gasteiger partial charge in [0.05, 0.1) is 24.6 Å². The SMILES string of the molecule is C1=CC(C=Cc2ccccc2)(OCc2ccccn2)C(OCc2ccccn2)C(C=Cc2ccccc2)=C1. The van der Waals surface area contributed by atoms with Crippen LogP contribution in [0.25, 0.3) is 12.2 Å². The zero-order chi connectivity index (χ0) is 25.9. The highest BCUT2D eigenvalue weighted by molar-refractivity contribution is 5.58. The molecule has 0 fully saturated rings. The predicted octanol–water partition coefficient (Wildman–Crippen LogP) is 7.24. The Morgan fingerprint density at radius 1 is 0.658 bits per heavy atom. The minimum absolute atomic E-state index is 0.337. The zero-order valence-electron chi connectivity index (χ0n) is 21.1. The number of allylic oxidation sites excluding steroid dienone is 2. The second kappa shape index (κ2) is 12.7. The summed E-state index contributed by atoms with van der Waals surface area (Å²) >= 11 is 0. The third-order valence-electron chi connectivity index (χ3n) is 6.28. The molecule has 0 aliphatic heterocycles. The summed E-state index contributed by atoms with van der Waals surface area (Å²) in [6.07, 6.45) is 17.7. The van der Waals surface area contributed by atoms with Gasteiger partial charge in [-0.25, -0.2) is 0 Å². The van der Waals surface area contributed by atoms with E-state index in [0.29, 0.717) is 13.2 Å². The van der Waals surface area contributed by atoms with Gasteiger partial charge in [0.25, 0.3) is 0 Å². The van der Waals surface area contributed by atoms with Crippen LogP contribution in [0.4, 0.5) is 0 Å². The molecule has 0 amide bonds. The molecule has 2 aromatic heterocycles. The summed E-state index contributed by atoms with van der Waals surface area (Å²) in [6, 6.07) is 32.2. The normalized spacial score (nSPS) is 19.2. The Morgan fingerprint density at radius 3 is 1.89 bits per heavy atom. The van der Waals surface area contributed by atoms with Gasteiger partial charge < -0.3 is 9.47 Å². The molecule has 2 aromatic carbocycles. The molecule has 0 saturated heterocycles. The lowest BCUT2D eigenvalue weighted by Gasteiger charge is -2.38. The van der Waals surface area contributed by atoms with Gasteiger partial charge in [-0.1, -0.05) is 103 Å². The zero-order valence-corrected chi connectivity index (χ0v) is 21.1. The van der Waals surface area contributed by atoms with Crippen LogP contribution in [0.15, 0.2) is 145 Å². The topological polar surface area (TPSA) is 44.2 Å². The van der Waals surface area contributed by atoms with Crippen molar-refractivity contribution >= 4 is 12.2 Å². The lowest BCUT2D eigenvalue weighted by Crippen LogP contribution is -2.45. The van der Waals surface area contributed by atoms with Gasteiger partial charge in [0.1, 0.15) is 11.7 Å². The van der Waals surface area contributed by atoms with Gasteiger partial charge in [0, 0.05) is 12.4 Å². The summed E-state index contributed by atoms with van der Waals surface area (Å²) < 4.78 is 13.3. The van der Waals surface area contributed by atoms with E-state index in [9.17, 15) is 0 Å². The van der Waals surface area contributed by atoms with Crippen molar-refractivity contribution in [2.75, 3.05) is 0 Å². The van der Waals surface area contributed by atoms with Gasteiger partial charge in [-0.15, -0.1) is 0 Å². The predicted molar refractivity (Wildman–Crippen MR) is 153 cm³/mol. The van der Waals surface area contributed by atoms with Crippen LogP contribution in [-0.2, 0) is 22.7 Å². The maximum absolute atomic E-state index is 6.71. The maximum Gasteiger partial charge on any atom is 0.136 e. The van der Waals surface area contributed by atoms with E-state index in [-0.39, 0.29) is 0 Å². The fourth-order valence-electron chi connectivity index (χ4n) is 4.31. The van der Waals surface area contributed by atoms with E-state index < -0.39 is 11.7 Å². The molecule has 2 atom stereocenters. The van der Waals surface area contributed by atoms with Crippen LogP contribution in [0, 0.1) is 0 Å². The van der Waals surface area contributed by atoms with E-state index in [4.69, 9.17) is 9.47 Å². The van der Waals surface area contributed by atoms with Gasteiger partial charge in [-0.05, 0) is 53.1 Å². The second-order valence-corrected chi connectivity index (χ2v) is 8.99. The molecule has 0 radical (unpaired) electrons. The molecular weight excluding hydrogens is 468 g/mol. The van der Waals surface area contributed by atoms with Crippen molar-refractivity contribution in [3.63, 3.8) is 0 Å². The molecule has 0 N–H and O–H groups in total. The van der Waals surface area contributed by atoms with Crippen molar-refractivity contribution in [2.24, 2.45) is 0 Å². The van der Waals surface area contributed by atoms with Crippen LogP contribution in [0.3, 0.4) is 0 Å². The lowest BCUT2D eigenvalue weighted by atomic mass is 9.84. The van der Waals surface area contributed by atoms with Crippen molar-refractivity contribution < 1.29 is 9.47 Å². The third-order valence-corrected chi connectivity index (χ3v) is 6.28. The minimum Gasteiger partial charge on any atom is -0.364 e. The third kappa shape index (κ3) is 6.68. The summed E-state index contributed by atoms with van der Waals surface area (Å²) in [7, 11) is 0. The number of aromatic nitrogens is 2. The van der Waals surface area contributed by atoms with Gasteiger partial charge >= 0.3 is 0 Å². The van der Waals surface area contributed by atoms with Crippen molar-refractivity contribution in [3.05, 3.63) is 168 Å². The summed E-state index contributed by atoms with van der Waals surface area (Å²) in [5.41, 5.74) is 4.05.